The van der Waals surface area contributed by atoms with Crippen molar-refractivity contribution < 1.29 is 5.21 Å². The molecule has 17 heavy (non-hydrogen) atoms. The molecule has 100 valence electrons. The molecule has 0 heterocycles. The summed E-state index contributed by atoms with van der Waals surface area (Å²) in [5, 5.41) is 15.1. The van der Waals surface area contributed by atoms with Gasteiger partial charge in [0.1, 0.15) is 0 Å². The Labute approximate surface area is 105 Å². The van der Waals surface area contributed by atoms with Crippen LogP contribution in [0.15, 0.2) is 5.16 Å². The molecule has 0 spiro atoms. The lowest BCUT2D eigenvalue weighted by Gasteiger charge is -2.26. The Balaban J connectivity index is 2.18. The van der Waals surface area contributed by atoms with E-state index in [4.69, 9.17) is 10.9 Å². The topological polar surface area (TPSA) is 70.6 Å². The van der Waals surface area contributed by atoms with E-state index in [-0.39, 0.29) is 6.04 Å². The molecule has 0 radical (unpaired) electrons. The van der Waals surface area contributed by atoms with Gasteiger partial charge in [-0.05, 0) is 31.2 Å². The van der Waals surface area contributed by atoms with E-state index in [1.54, 1.807) is 0 Å². The van der Waals surface area contributed by atoms with Crippen LogP contribution in [0.25, 0.3) is 0 Å². The maximum Gasteiger partial charge on any atom is 0.156 e. The summed E-state index contributed by atoms with van der Waals surface area (Å²) in [6, 6.07) is 0.0162. The average molecular weight is 241 g/mol. The van der Waals surface area contributed by atoms with Gasteiger partial charge >= 0.3 is 0 Å². The van der Waals surface area contributed by atoms with Crippen LogP contribution in [0.3, 0.4) is 0 Å². The standard InChI is InChI=1S/C13H27N3O/c1-3-12(13(14)16-17)15-9-8-11-6-4-10(2)5-7-11/h10-12,15,17H,3-9H2,1-2H3,(H2,14,16). The molecular formula is C13H27N3O. The quantitative estimate of drug-likeness (QED) is 0.289. The van der Waals surface area contributed by atoms with E-state index in [1.165, 1.54) is 32.1 Å². The van der Waals surface area contributed by atoms with Crippen molar-refractivity contribution in [3.63, 3.8) is 0 Å². The number of oxime groups is 1. The number of hydrogen-bond donors (Lipinski definition) is 3. The van der Waals surface area contributed by atoms with Gasteiger partial charge in [0.15, 0.2) is 5.84 Å². The predicted octanol–water partition coefficient (Wildman–Crippen LogP) is 2.32. The van der Waals surface area contributed by atoms with Crippen molar-refractivity contribution in [1.82, 2.24) is 5.32 Å². The van der Waals surface area contributed by atoms with Gasteiger partial charge in [-0.1, -0.05) is 44.7 Å². The third-order valence-electron chi connectivity index (χ3n) is 3.96. The van der Waals surface area contributed by atoms with Crippen molar-refractivity contribution in [2.24, 2.45) is 22.7 Å². The molecule has 0 saturated heterocycles. The zero-order valence-corrected chi connectivity index (χ0v) is 11.2. The second-order valence-electron chi connectivity index (χ2n) is 5.35. The largest absolute Gasteiger partial charge is 0.409 e. The minimum atomic E-state index is 0.0162. The summed E-state index contributed by atoms with van der Waals surface area (Å²) in [5.74, 6) is 2.08. The molecular weight excluding hydrogens is 214 g/mol. The van der Waals surface area contributed by atoms with Crippen LogP contribution < -0.4 is 11.1 Å². The summed E-state index contributed by atoms with van der Waals surface area (Å²) in [6.07, 6.45) is 7.55. The van der Waals surface area contributed by atoms with Crippen LogP contribution in [0.1, 0.15) is 52.4 Å². The third-order valence-corrected chi connectivity index (χ3v) is 3.96. The van der Waals surface area contributed by atoms with E-state index >= 15 is 0 Å². The molecule has 0 aromatic carbocycles. The number of nitrogens with two attached hydrogens (primary N) is 1. The molecule has 1 aliphatic carbocycles. The Bertz CT molecular complexity index is 235. The number of hydrogen-bond acceptors (Lipinski definition) is 3. The van der Waals surface area contributed by atoms with Crippen molar-refractivity contribution in [3.8, 4) is 0 Å². The van der Waals surface area contributed by atoms with Crippen LogP contribution in [0.2, 0.25) is 0 Å². The van der Waals surface area contributed by atoms with Crippen LogP contribution in [-0.2, 0) is 0 Å². The van der Waals surface area contributed by atoms with Gasteiger partial charge < -0.3 is 16.3 Å². The summed E-state index contributed by atoms with van der Waals surface area (Å²) >= 11 is 0. The maximum atomic E-state index is 8.64. The van der Waals surface area contributed by atoms with Gasteiger partial charge in [-0.3, -0.25) is 0 Å². The Morgan fingerprint density at radius 3 is 2.59 bits per heavy atom. The number of nitrogens with one attached hydrogen (secondary N) is 1. The summed E-state index contributed by atoms with van der Waals surface area (Å²) < 4.78 is 0. The molecule has 1 aliphatic rings. The summed E-state index contributed by atoms with van der Waals surface area (Å²) in [6.45, 7) is 5.35. The number of rotatable bonds is 6. The fourth-order valence-corrected chi connectivity index (χ4v) is 2.61. The van der Waals surface area contributed by atoms with Crippen LogP contribution in [0.4, 0.5) is 0 Å². The monoisotopic (exact) mass is 241 g/mol. The third kappa shape index (κ3) is 4.94. The molecule has 0 bridgehead atoms. The van der Waals surface area contributed by atoms with Gasteiger partial charge in [-0.25, -0.2) is 0 Å². The van der Waals surface area contributed by atoms with E-state index in [0.29, 0.717) is 5.84 Å². The summed E-state index contributed by atoms with van der Waals surface area (Å²) in [5.41, 5.74) is 5.60. The fraction of sp³-hybridized carbons (Fsp3) is 0.923. The van der Waals surface area contributed by atoms with E-state index in [2.05, 4.69) is 17.4 Å². The van der Waals surface area contributed by atoms with Crippen molar-refractivity contribution in [1.29, 1.82) is 0 Å². The van der Waals surface area contributed by atoms with Crippen molar-refractivity contribution in [2.45, 2.75) is 58.4 Å². The maximum absolute atomic E-state index is 8.64. The smallest absolute Gasteiger partial charge is 0.156 e. The Hall–Kier alpha value is -0.770. The van der Waals surface area contributed by atoms with Gasteiger partial charge in [0.05, 0.1) is 6.04 Å². The molecule has 0 aromatic rings. The molecule has 4 heteroatoms. The average Bonchev–Trinajstić information content (AvgIpc) is 2.36. The lowest BCUT2D eigenvalue weighted by atomic mass is 9.81. The molecule has 1 atom stereocenters. The molecule has 0 aromatic heterocycles. The molecule has 0 aliphatic heterocycles. The first-order valence-electron chi connectivity index (χ1n) is 6.88. The SMILES string of the molecule is CCC(NCCC1CCC(C)CC1)C(N)=NO. The van der Waals surface area contributed by atoms with E-state index in [1.807, 2.05) is 6.92 Å². The predicted molar refractivity (Wildman–Crippen MR) is 71.2 cm³/mol. The first-order valence-corrected chi connectivity index (χ1v) is 6.88. The first-order chi connectivity index (χ1) is 8.17. The lowest BCUT2D eigenvalue weighted by Crippen LogP contribution is -2.41. The Morgan fingerprint density at radius 2 is 2.06 bits per heavy atom. The molecule has 1 rings (SSSR count). The van der Waals surface area contributed by atoms with Crippen molar-refractivity contribution >= 4 is 5.84 Å². The van der Waals surface area contributed by atoms with Gasteiger partial charge in [0, 0.05) is 0 Å². The molecule has 1 fully saturated rings. The van der Waals surface area contributed by atoms with Crippen LogP contribution in [0.5, 0.6) is 0 Å². The minimum absolute atomic E-state index is 0.0162. The van der Waals surface area contributed by atoms with Crippen LogP contribution in [-0.4, -0.2) is 23.6 Å². The zero-order chi connectivity index (χ0) is 12.7. The minimum Gasteiger partial charge on any atom is -0.409 e. The Kier molecular flexibility index (Phi) is 6.34. The fourth-order valence-electron chi connectivity index (χ4n) is 2.61. The van der Waals surface area contributed by atoms with Crippen LogP contribution in [0, 0.1) is 11.8 Å². The van der Waals surface area contributed by atoms with E-state index in [9.17, 15) is 0 Å². The number of amidine groups is 1. The highest BCUT2D eigenvalue weighted by molar-refractivity contribution is 5.85. The normalized spacial score (nSPS) is 28.0. The van der Waals surface area contributed by atoms with E-state index in [0.717, 1.165) is 24.8 Å². The number of nitrogens with zero attached hydrogens (tertiary/aromatic N) is 1. The first kappa shape index (κ1) is 14.3. The molecule has 4 N–H and O–H groups in total. The lowest BCUT2D eigenvalue weighted by molar-refractivity contribution is 0.273. The van der Waals surface area contributed by atoms with Gasteiger partial charge in [0.25, 0.3) is 0 Å². The van der Waals surface area contributed by atoms with Gasteiger partial charge in [-0.15, -0.1) is 0 Å². The molecule has 0 amide bonds. The van der Waals surface area contributed by atoms with Gasteiger partial charge in [-0.2, -0.15) is 0 Å². The second-order valence-corrected chi connectivity index (χ2v) is 5.35. The highest BCUT2D eigenvalue weighted by atomic mass is 16.4. The molecule has 1 saturated carbocycles. The molecule has 4 nitrogen and oxygen atoms in total. The van der Waals surface area contributed by atoms with Crippen molar-refractivity contribution in [3.05, 3.63) is 0 Å². The van der Waals surface area contributed by atoms with Crippen LogP contribution >= 0.6 is 0 Å². The van der Waals surface area contributed by atoms with Gasteiger partial charge in [0.2, 0.25) is 0 Å². The molecule has 1 unspecified atom stereocenters. The second kappa shape index (κ2) is 7.54. The zero-order valence-electron chi connectivity index (χ0n) is 11.2. The summed E-state index contributed by atoms with van der Waals surface area (Å²) in [4.78, 5) is 0. The highest BCUT2D eigenvalue weighted by Crippen LogP contribution is 2.29. The Morgan fingerprint density at radius 1 is 1.41 bits per heavy atom. The summed E-state index contributed by atoms with van der Waals surface area (Å²) in [7, 11) is 0. The van der Waals surface area contributed by atoms with Crippen molar-refractivity contribution in [2.75, 3.05) is 6.54 Å². The highest BCUT2D eigenvalue weighted by Gasteiger charge is 2.18. The van der Waals surface area contributed by atoms with E-state index < -0.39 is 0 Å².